The van der Waals surface area contributed by atoms with Crippen LogP contribution in [0.15, 0.2) is 0 Å². The molecule has 0 bridgehead atoms. The summed E-state index contributed by atoms with van der Waals surface area (Å²) in [4.78, 5) is 12.2. The molecule has 0 aromatic carbocycles. The maximum absolute atomic E-state index is 10.8. The smallest absolute Gasteiger partial charge is 0.407 e. The molecule has 0 saturated carbocycles. The Morgan fingerprint density at radius 2 is 2.00 bits per heavy atom. The van der Waals surface area contributed by atoms with E-state index in [0.29, 0.717) is 6.54 Å². The summed E-state index contributed by atoms with van der Waals surface area (Å²) in [6.07, 6.45) is -0.0589. The Kier molecular flexibility index (Phi) is 4.45. The zero-order valence-electron chi connectivity index (χ0n) is 7.87. The van der Waals surface area contributed by atoms with Gasteiger partial charge in [0.15, 0.2) is 0 Å². The zero-order valence-corrected chi connectivity index (χ0v) is 8.77. The van der Waals surface area contributed by atoms with Gasteiger partial charge < -0.3 is 10.0 Å². The number of rotatable bonds is 3. The van der Waals surface area contributed by atoms with Crippen molar-refractivity contribution in [2.75, 3.05) is 12.3 Å². The third kappa shape index (κ3) is 3.85. The molecule has 72 valence electrons. The lowest BCUT2D eigenvalue weighted by Crippen LogP contribution is -2.45. The van der Waals surface area contributed by atoms with E-state index in [9.17, 15) is 4.79 Å². The molecule has 0 atom stereocenters. The minimum atomic E-state index is -0.857. The van der Waals surface area contributed by atoms with Crippen LogP contribution in [-0.4, -0.2) is 33.9 Å². The molecule has 0 fully saturated rings. The van der Waals surface area contributed by atoms with Gasteiger partial charge >= 0.3 is 6.09 Å². The summed E-state index contributed by atoms with van der Waals surface area (Å²) in [5.41, 5.74) is -0.311. The van der Waals surface area contributed by atoms with Crippen molar-refractivity contribution < 1.29 is 9.90 Å². The first kappa shape index (κ1) is 11.6. The molecule has 1 amide bonds. The summed E-state index contributed by atoms with van der Waals surface area (Å²) in [5, 5.41) is 8.84. The molecule has 3 nitrogen and oxygen atoms in total. The maximum atomic E-state index is 10.8. The molecule has 12 heavy (non-hydrogen) atoms. The van der Waals surface area contributed by atoms with Gasteiger partial charge in [0.25, 0.3) is 0 Å². The van der Waals surface area contributed by atoms with Gasteiger partial charge in [0.05, 0.1) is 0 Å². The second-order valence-corrected chi connectivity index (χ2v) is 4.13. The van der Waals surface area contributed by atoms with Crippen LogP contribution in [0.5, 0.6) is 0 Å². The van der Waals surface area contributed by atoms with E-state index in [0.717, 1.165) is 12.2 Å². The van der Waals surface area contributed by atoms with Gasteiger partial charge in [-0.1, -0.05) is 0 Å². The molecular formula is C8H17NO2S. The fraction of sp³-hybridized carbons (Fsp3) is 0.875. The van der Waals surface area contributed by atoms with Crippen molar-refractivity contribution in [3.63, 3.8) is 0 Å². The first-order valence-corrected chi connectivity index (χ1v) is 4.64. The summed E-state index contributed by atoms with van der Waals surface area (Å²) in [6.45, 7) is 6.22. The van der Waals surface area contributed by atoms with Crippen LogP contribution in [0.2, 0.25) is 0 Å². The summed E-state index contributed by atoms with van der Waals surface area (Å²) < 4.78 is 0. The predicted octanol–water partition coefficient (Wildman–Crippen LogP) is 2.08. The van der Waals surface area contributed by atoms with Gasteiger partial charge in [-0.05, 0) is 32.9 Å². The van der Waals surface area contributed by atoms with E-state index in [4.69, 9.17) is 5.11 Å². The SMILES string of the molecule is CC(C)(C)N(CCCS)C(=O)O. The minimum absolute atomic E-state index is 0.311. The molecule has 0 saturated heterocycles. The van der Waals surface area contributed by atoms with Crippen molar-refractivity contribution in [1.29, 1.82) is 0 Å². The number of carbonyl (C=O) groups is 1. The van der Waals surface area contributed by atoms with Crippen molar-refractivity contribution in [2.24, 2.45) is 0 Å². The Morgan fingerprint density at radius 1 is 1.50 bits per heavy atom. The predicted molar refractivity (Wildman–Crippen MR) is 53.0 cm³/mol. The summed E-state index contributed by atoms with van der Waals surface area (Å²) >= 11 is 4.04. The van der Waals surface area contributed by atoms with Crippen LogP contribution in [0.4, 0.5) is 4.79 Å². The topological polar surface area (TPSA) is 40.5 Å². The lowest BCUT2D eigenvalue weighted by Gasteiger charge is -2.32. The summed E-state index contributed by atoms with van der Waals surface area (Å²) in [5.74, 6) is 0.722. The molecule has 0 radical (unpaired) electrons. The monoisotopic (exact) mass is 191 g/mol. The van der Waals surface area contributed by atoms with E-state index >= 15 is 0 Å². The lowest BCUT2D eigenvalue weighted by molar-refractivity contribution is 0.101. The Hall–Kier alpha value is -0.380. The highest BCUT2D eigenvalue weighted by Gasteiger charge is 2.24. The van der Waals surface area contributed by atoms with Crippen LogP contribution in [-0.2, 0) is 0 Å². The van der Waals surface area contributed by atoms with Gasteiger partial charge in [0.2, 0.25) is 0 Å². The third-order valence-corrected chi connectivity index (χ3v) is 1.90. The molecule has 0 unspecified atom stereocenters. The number of nitrogens with zero attached hydrogens (tertiary/aromatic N) is 1. The fourth-order valence-corrected chi connectivity index (χ4v) is 1.09. The molecule has 0 heterocycles. The van der Waals surface area contributed by atoms with E-state index in [1.54, 1.807) is 0 Å². The lowest BCUT2D eigenvalue weighted by atomic mass is 10.1. The van der Waals surface area contributed by atoms with E-state index in [1.807, 2.05) is 20.8 Å². The van der Waals surface area contributed by atoms with Crippen LogP contribution in [0, 0.1) is 0 Å². The molecule has 1 N–H and O–H groups in total. The van der Waals surface area contributed by atoms with Crippen molar-refractivity contribution >= 4 is 18.7 Å². The average Bonchev–Trinajstić information content (AvgIpc) is 1.84. The summed E-state index contributed by atoms with van der Waals surface area (Å²) in [6, 6.07) is 0. The van der Waals surface area contributed by atoms with Crippen LogP contribution >= 0.6 is 12.6 Å². The van der Waals surface area contributed by atoms with Crippen molar-refractivity contribution in [3.05, 3.63) is 0 Å². The van der Waals surface area contributed by atoms with Gasteiger partial charge in [-0.2, -0.15) is 12.6 Å². The zero-order chi connectivity index (χ0) is 9.78. The van der Waals surface area contributed by atoms with E-state index in [1.165, 1.54) is 4.90 Å². The molecule has 0 aromatic rings. The molecule has 0 aliphatic rings. The largest absolute Gasteiger partial charge is 0.465 e. The second-order valence-electron chi connectivity index (χ2n) is 3.68. The van der Waals surface area contributed by atoms with Crippen molar-refractivity contribution in [1.82, 2.24) is 4.90 Å². The van der Waals surface area contributed by atoms with Crippen LogP contribution in [0.1, 0.15) is 27.2 Å². The molecule has 0 aromatic heterocycles. The van der Waals surface area contributed by atoms with Gasteiger partial charge in [-0.15, -0.1) is 0 Å². The third-order valence-electron chi connectivity index (χ3n) is 1.58. The van der Waals surface area contributed by atoms with Gasteiger partial charge in [0, 0.05) is 12.1 Å². The van der Waals surface area contributed by atoms with E-state index in [2.05, 4.69) is 12.6 Å². The highest BCUT2D eigenvalue weighted by molar-refractivity contribution is 7.80. The van der Waals surface area contributed by atoms with Crippen LogP contribution in [0.3, 0.4) is 0 Å². The first-order chi connectivity index (χ1) is 5.39. The Morgan fingerprint density at radius 3 is 2.25 bits per heavy atom. The highest BCUT2D eigenvalue weighted by atomic mass is 32.1. The number of hydrogen-bond acceptors (Lipinski definition) is 2. The number of amides is 1. The van der Waals surface area contributed by atoms with Crippen molar-refractivity contribution in [3.8, 4) is 0 Å². The molecule has 0 rings (SSSR count). The quantitative estimate of drug-likeness (QED) is 0.671. The van der Waals surface area contributed by atoms with E-state index < -0.39 is 6.09 Å². The molecule has 4 heteroatoms. The van der Waals surface area contributed by atoms with Gasteiger partial charge in [-0.3, -0.25) is 0 Å². The van der Waals surface area contributed by atoms with Gasteiger partial charge in [0.1, 0.15) is 0 Å². The standard InChI is InChI=1S/C8H17NO2S/c1-8(2,3)9(7(10)11)5-4-6-12/h12H,4-6H2,1-3H3,(H,10,11). The molecular weight excluding hydrogens is 174 g/mol. The number of hydrogen-bond donors (Lipinski definition) is 2. The molecule has 0 aliphatic carbocycles. The van der Waals surface area contributed by atoms with Crippen molar-refractivity contribution in [2.45, 2.75) is 32.7 Å². The highest BCUT2D eigenvalue weighted by Crippen LogP contribution is 2.13. The first-order valence-electron chi connectivity index (χ1n) is 4.01. The average molecular weight is 191 g/mol. The van der Waals surface area contributed by atoms with E-state index in [-0.39, 0.29) is 5.54 Å². The normalized spacial score (nSPS) is 11.3. The van der Waals surface area contributed by atoms with Crippen LogP contribution < -0.4 is 0 Å². The molecule has 0 spiro atoms. The Labute approximate surface area is 79.2 Å². The fourth-order valence-electron chi connectivity index (χ4n) is 0.947. The Balaban J connectivity index is 4.15. The maximum Gasteiger partial charge on any atom is 0.407 e. The number of carboxylic acid groups (broad SMARTS) is 1. The van der Waals surface area contributed by atoms with Crippen LogP contribution in [0.25, 0.3) is 0 Å². The molecule has 0 aliphatic heterocycles. The summed E-state index contributed by atoms with van der Waals surface area (Å²) in [7, 11) is 0. The Bertz CT molecular complexity index is 154. The number of thiol groups is 1. The van der Waals surface area contributed by atoms with Gasteiger partial charge in [-0.25, -0.2) is 4.79 Å². The second kappa shape index (κ2) is 4.60. The minimum Gasteiger partial charge on any atom is -0.465 e.